The highest BCUT2D eigenvalue weighted by Gasteiger charge is 2.29. The number of hydrogen-bond acceptors (Lipinski definition) is 3. The van der Waals surface area contributed by atoms with Crippen molar-refractivity contribution in [3.05, 3.63) is 65.2 Å². The Balaban J connectivity index is 1.57. The molecule has 1 aliphatic heterocycles. The summed E-state index contributed by atoms with van der Waals surface area (Å²) in [6.45, 7) is 4.91. The SMILES string of the molecule is CCOc1ccc(C2CCCN2C(=O)NCc2ccc(CN(C)C)cc2)cc1. The van der Waals surface area contributed by atoms with Crippen LogP contribution in [0.2, 0.25) is 0 Å². The molecule has 2 aromatic carbocycles. The molecule has 1 fully saturated rings. The number of carbonyl (C=O) groups excluding carboxylic acids is 1. The van der Waals surface area contributed by atoms with Crippen molar-refractivity contribution in [3.63, 3.8) is 0 Å². The fourth-order valence-electron chi connectivity index (χ4n) is 3.72. The van der Waals surface area contributed by atoms with Gasteiger partial charge in [0.15, 0.2) is 0 Å². The first kappa shape index (κ1) is 20.2. The van der Waals surface area contributed by atoms with Gasteiger partial charge in [-0.25, -0.2) is 4.79 Å². The van der Waals surface area contributed by atoms with Crippen LogP contribution in [0.25, 0.3) is 0 Å². The van der Waals surface area contributed by atoms with Crippen LogP contribution in [0.15, 0.2) is 48.5 Å². The molecule has 0 radical (unpaired) electrons. The first-order valence-electron chi connectivity index (χ1n) is 10.1. The van der Waals surface area contributed by atoms with Crippen molar-refractivity contribution < 1.29 is 9.53 Å². The summed E-state index contributed by atoms with van der Waals surface area (Å²) in [7, 11) is 4.12. The Hall–Kier alpha value is -2.53. The predicted octanol–water partition coefficient (Wildman–Crippen LogP) is 4.19. The van der Waals surface area contributed by atoms with Gasteiger partial charge in [-0.15, -0.1) is 0 Å². The molecule has 0 bridgehead atoms. The molecule has 150 valence electrons. The fraction of sp³-hybridized carbons (Fsp3) is 0.435. The summed E-state index contributed by atoms with van der Waals surface area (Å²) in [6.07, 6.45) is 2.03. The van der Waals surface area contributed by atoms with Gasteiger partial charge in [-0.05, 0) is 62.7 Å². The van der Waals surface area contributed by atoms with Crippen LogP contribution < -0.4 is 10.1 Å². The van der Waals surface area contributed by atoms with E-state index >= 15 is 0 Å². The molecule has 0 aromatic heterocycles. The highest BCUT2D eigenvalue weighted by atomic mass is 16.5. The van der Waals surface area contributed by atoms with Crippen LogP contribution in [-0.2, 0) is 13.1 Å². The zero-order chi connectivity index (χ0) is 19.9. The number of nitrogens with one attached hydrogen (secondary N) is 1. The number of urea groups is 1. The molecule has 0 spiro atoms. The summed E-state index contributed by atoms with van der Waals surface area (Å²) in [5, 5.41) is 3.08. The van der Waals surface area contributed by atoms with E-state index in [1.54, 1.807) is 0 Å². The second-order valence-electron chi connectivity index (χ2n) is 7.57. The van der Waals surface area contributed by atoms with Crippen molar-refractivity contribution in [3.8, 4) is 5.75 Å². The van der Waals surface area contributed by atoms with Crippen molar-refractivity contribution in [2.24, 2.45) is 0 Å². The summed E-state index contributed by atoms with van der Waals surface area (Å²) < 4.78 is 5.52. The zero-order valence-corrected chi connectivity index (χ0v) is 17.1. The molecule has 3 rings (SSSR count). The number of hydrogen-bond donors (Lipinski definition) is 1. The summed E-state index contributed by atoms with van der Waals surface area (Å²) in [5.41, 5.74) is 3.56. The van der Waals surface area contributed by atoms with Crippen LogP contribution >= 0.6 is 0 Å². The molecule has 5 nitrogen and oxygen atoms in total. The molecule has 1 N–H and O–H groups in total. The number of rotatable bonds is 7. The molecule has 1 aliphatic rings. The first-order valence-corrected chi connectivity index (χ1v) is 10.1. The van der Waals surface area contributed by atoms with E-state index < -0.39 is 0 Å². The highest BCUT2D eigenvalue weighted by molar-refractivity contribution is 5.75. The van der Waals surface area contributed by atoms with Gasteiger partial charge in [-0.1, -0.05) is 36.4 Å². The van der Waals surface area contributed by atoms with Gasteiger partial charge in [0.1, 0.15) is 5.75 Å². The van der Waals surface area contributed by atoms with Crippen molar-refractivity contribution in [2.75, 3.05) is 27.2 Å². The maximum atomic E-state index is 12.8. The standard InChI is InChI=1S/C23H31N3O2/c1-4-28-21-13-11-20(12-14-21)22-6-5-15-26(22)23(27)24-16-18-7-9-19(10-8-18)17-25(2)3/h7-14,22H,4-6,15-17H2,1-3H3,(H,24,27). The number of amides is 2. The number of nitrogens with zero attached hydrogens (tertiary/aromatic N) is 2. The third-order valence-electron chi connectivity index (χ3n) is 5.06. The largest absolute Gasteiger partial charge is 0.494 e. The van der Waals surface area contributed by atoms with Gasteiger partial charge >= 0.3 is 6.03 Å². The topological polar surface area (TPSA) is 44.8 Å². The van der Waals surface area contributed by atoms with E-state index in [2.05, 4.69) is 60.7 Å². The van der Waals surface area contributed by atoms with Gasteiger partial charge in [0.25, 0.3) is 0 Å². The lowest BCUT2D eigenvalue weighted by Gasteiger charge is -2.25. The van der Waals surface area contributed by atoms with Gasteiger partial charge in [0, 0.05) is 19.6 Å². The molecule has 1 heterocycles. The molecule has 1 unspecified atom stereocenters. The van der Waals surface area contributed by atoms with E-state index in [1.165, 1.54) is 11.1 Å². The highest BCUT2D eigenvalue weighted by Crippen LogP contribution is 2.32. The van der Waals surface area contributed by atoms with Gasteiger partial charge in [0.05, 0.1) is 12.6 Å². The van der Waals surface area contributed by atoms with Crippen LogP contribution in [0.4, 0.5) is 4.79 Å². The molecule has 2 amide bonds. The lowest BCUT2D eigenvalue weighted by Crippen LogP contribution is -2.39. The molecule has 0 aliphatic carbocycles. The van der Waals surface area contributed by atoms with Gasteiger partial charge in [-0.3, -0.25) is 0 Å². The van der Waals surface area contributed by atoms with E-state index in [4.69, 9.17) is 4.74 Å². The van der Waals surface area contributed by atoms with E-state index in [9.17, 15) is 4.79 Å². The van der Waals surface area contributed by atoms with Crippen molar-refractivity contribution in [1.82, 2.24) is 15.1 Å². The Labute approximate surface area is 168 Å². The molecular formula is C23H31N3O2. The average Bonchev–Trinajstić information content (AvgIpc) is 3.17. The smallest absolute Gasteiger partial charge is 0.318 e. The van der Waals surface area contributed by atoms with Crippen molar-refractivity contribution in [1.29, 1.82) is 0 Å². The minimum atomic E-state index is 0.00810. The van der Waals surface area contributed by atoms with Gasteiger partial charge < -0.3 is 19.9 Å². The van der Waals surface area contributed by atoms with Crippen LogP contribution in [0, 0.1) is 0 Å². The van der Waals surface area contributed by atoms with Crippen LogP contribution in [0.1, 0.15) is 42.5 Å². The van der Waals surface area contributed by atoms with Crippen LogP contribution in [0.3, 0.4) is 0 Å². The van der Waals surface area contributed by atoms with Crippen molar-refractivity contribution >= 4 is 6.03 Å². The predicted molar refractivity (Wildman–Crippen MR) is 112 cm³/mol. The Morgan fingerprint density at radius 2 is 1.79 bits per heavy atom. The molecule has 28 heavy (non-hydrogen) atoms. The summed E-state index contributed by atoms with van der Waals surface area (Å²) in [5.74, 6) is 0.873. The monoisotopic (exact) mass is 381 g/mol. The van der Waals surface area contributed by atoms with Crippen LogP contribution in [0.5, 0.6) is 5.75 Å². The molecule has 0 saturated carbocycles. The van der Waals surface area contributed by atoms with Crippen molar-refractivity contribution in [2.45, 2.75) is 38.9 Å². The van der Waals surface area contributed by atoms with E-state index in [1.807, 2.05) is 24.0 Å². The molecule has 1 atom stereocenters. The third kappa shape index (κ3) is 5.26. The first-order chi connectivity index (χ1) is 13.6. The van der Waals surface area contributed by atoms with E-state index in [-0.39, 0.29) is 12.1 Å². The maximum absolute atomic E-state index is 12.8. The Morgan fingerprint density at radius 1 is 1.11 bits per heavy atom. The van der Waals surface area contributed by atoms with Crippen LogP contribution in [-0.4, -0.2) is 43.1 Å². The second-order valence-corrected chi connectivity index (χ2v) is 7.57. The second kappa shape index (κ2) is 9.60. The molecule has 2 aromatic rings. The third-order valence-corrected chi connectivity index (χ3v) is 5.06. The summed E-state index contributed by atoms with van der Waals surface area (Å²) >= 11 is 0. The lowest BCUT2D eigenvalue weighted by molar-refractivity contribution is 0.192. The number of benzene rings is 2. The molecule has 5 heteroatoms. The minimum Gasteiger partial charge on any atom is -0.494 e. The Bertz CT molecular complexity index is 756. The normalized spacial score (nSPS) is 16.4. The number of carbonyl (C=O) groups is 1. The maximum Gasteiger partial charge on any atom is 0.318 e. The Kier molecular flexibility index (Phi) is 6.93. The summed E-state index contributed by atoms with van der Waals surface area (Å²) in [6, 6.07) is 16.7. The fourth-order valence-corrected chi connectivity index (χ4v) is 3.72. The summed E-state index contributed by atoms with van der Waals surface area (Å²) in [4.78, 5) is 16.9. The number of ether oxygens (including phenoxy) is 1. The average molecular weight is 382 g/mol. The minimum absolute atomic E-state index is 0.00810. The van der Waals surface area contributed by atoms with Gasteiger partial charge in [-0.2, -0.15) is 0 Å². The lowest BCUT2D eigenvalue weighted by atomic mass is 10.0. The number of likely N-dealkylation sites (tertiary alicyclic amines) is 1. The molecular weight excluding hydrogens is 350 g/mol. The van der Waals surface area contributed by atoms with Gasteiger partial charge in [0.2, 0.25) is 0 Å². The quantitative estimate of drug-likeness (QED) is 0.782. The zero-order valence-electron chi connectivity index (χ0n) is 17.1. The Morgan fingerprint density at radius 3 is 2.43 bits per heavy atom. The molecule has 1 saturated heterocycles. The van der Waals surface area contributed by atoms with E-state index in [0.29, 0.717) is 13.2 Å². The van der Waals surface area contributed by atoms with E-state index in [0.717, 1.165) is 37.2 Å².